The van der Waals surface area contributed by atoms with Gasteiger partial charge < -0.3 is 14.8 Å². The number of aromatic amines is 1. The van der Waals surface area contributed by atoms with E-state index in [1.807, 2.05) is 17.0 Å². The molecule has 1 aromatic carbocycles. The molecule has 7 heteroatoms. The third-order valence-electron chi connectivity index (χ3n) is 7.74. The van der Waals surface area contributed by atoms with Crippen LogP contribution in [0, 0.1) is 4.77 Å². The van der Waals surface area contributed by atoms with Crippen LogP contribution in [0.25, 0.3) is 10.9 Å². The Morgan fingerprint density at radius 1 is 1.00 bits per heavy atom. The molecule has 166 valence electrons. The summed E-state index contributed by atoms with van der Waals surface area (Å²) in [5.41, 5.74) is 1.27. The van der Waals surface area contributed by atoms with Gasteiger partial charge in [0.05, 0.1) is 43.1 Å². The van der Waals surface area contributed by atoms with Crippen molar-refractivity contribution in [3.63, 3.8) is 0 Å². The Labute approximate surface area is 188 Å². The Bertz CT molecular complexity index is 1070. The Balaban J connectivity index is 1.33. The van der Waals surface area contributed by atoms with Crippen molar-refractivity contribution in [3.05, 3.63) is 38.9 Å². The van der Waals surface area contributed by atoms with Crippen LogP contribution in [-0.2, 0) is 0 Å². The maximum Gasteiger partial charge on any atom is 0.262 e. The lowest BCUT2D eigenvalue weighted by Gasteiger charge is -2.38. The Morgan fingerprint density at radius 3 is 2.39 bits per heavy atom. The van der Waals surface area contributed by atoms with Gasteiger partial charge >= 0.3 is 0 Å². The first-order chi connectivity index (χ1) is 15.1. The van der Waals surface area contributed by atoms with E-state index in [1.165, 1.54) is 32.1 Å². The van der Waals surface area contributed by atoms with Crippen LogP contribution in [0.1, 0.15) is 74.2 Å². The molecule has 3 aliphatic rings. The largest absolute Gasteiger partial charge is 0.332 e. The number of carbonyl (C=O) groups is 1. The first kappa shape index (κ1) is 20.9. The molecule has 2 aromatic rings. The maximum absolute atomic E-state index is 13.2. The van der Waals surface area contributed by atoms with Gasteiger partial charge in [-0.3, -0.25) is 14.2 Å². The molecule has 1 aliphatic heterocycles. The number of quaternary nitrogens is 1. The zero-order chi connectivity index (χ0) is 21.4. The van der Waals surface area contributed by atoms with Crippen molar-refractivity contribution in [2.75, 3.05) is 26.2 Å². The second-order valence-electron chi connectivity index (χ2n) is 9.59. The second kappa shape index (κ2) is 8.87. The van der Waals surface area contributed by atoms with Crippen LogP contribution in [0.2, 0.25) is 0 Å². The van der Waals surface area contributed by atoms with Crippen molar-refractivity contribution in [2.24, 2.45) is 0 Å². The summed E-state index contributed by atoms with van der Waals surface area (Å²) in [6.07, 6.45) is 11.1. The monoisotopic (exact) mass is 441 g/mol. The molecule has 31 heavy (non-hydrogen) atoms. The summed E-state index contributed by atoms with van der Waals surface area (Å²) >= 11 is 5.52. The van der Waals surface area contributed by atoms with Crippen molar-refractivity contribution in [1.29, 1.82) is 0 Å². The highest BCUT2D eigenvalue weighted by Gasteiger charge is 2.30. The average molecular weight is 442 g/mol. The van der Waals surface area contributed by atoms with Gasteiger partial charge in [-0.15, -0.1) is 0 Å². The molecule has 1 saturated heterocycles. The smallest absolute Gasteiger partial charge is 0.262 e. The van der Waals surface area contributed by atoms with Crippen molar-refractivity contribution in [3.8, 4) is 0 Å². The molecule has 0 bridgehead atoms. The summed E-state index contributed by atoms with van der Waals surface area (Å²) in [6, 6.07) is 6.40. The van der Waals surface area contributed by atoms with Crippen molar-refractivity contribution >= 4 is 29.0 Å². The number of piperazine rings is 1. The van der Waals surface area contributed by atoms with Crippen LogP contribution in [0.4, 0.5) is 0 Å². The lowest BCUT2D eigenvalue weighted by Crippen LogP contribution is -3.18. The summed E-state index contributed by atoms with van der Waals surface area (Å²) < 4.78 is 2.22. The van der Waals surface area contributed by atoms with Crippen LogP contribution in [0.3, 0.4) is 0 Å². The Hall–Kier alpha value is -1.99. The van der Waals surface area contributed by atoms with E-state index < -0.39 is 0 Å². The topological polar surface area (TPSA) is 62.5 Å². The molecule has 2 heterocycles. The van der Waals surface area contributed by atoms with Gasteiger partial charge in [0.1, 0.15) is 0 Å². The molecule has 2 N–H and O–H groups in total. The standard InChI is InChI=1S/C24H32N4O2S/c29-22(27-14-12-26(13-15-27)18-6-2-1-3-7-18)17-10-11-20-21(16-17)25-24(31)28(23(20)30)19-8-4-5-9-19/h10-11,16,18-19H,1-9,12-15H2,(H,25,31)/p+1. The maximum atomic E-state index is 13.2. The second-order valence-corrected chi connectivity index (χ2v) is 9.98. The quantitative estimate of drug-likeness (QED) is 0.720. The Kier molecular flexibility index (Phi) is 5.97. The van der Waals surface area contributed by atoms with E-state index in [2.05, 4.69) is 4.98 Å². The predicted octanol–water partition coefficient (Wildman–Crippen LogP) is 2.85. The molecule has 3 fully saturated rings. The molecule has 1 aromatic heterocycles. The number of nitrogens with zero attached hydrogens (tertiary/aromatic N) is 2. The number of hydrogen-bond donors (Lipinski definition) is 2. The van der Waals surface area contributed by atoms with Crippen molar-refractivity contribution < 1.29 is 9.69 Å². The number of amides is 1. The number of H-pyrrole nitrogens is 1. The van der Waals surface area contributed by atoms with Crippen LogP contribution < -0.4 is 10.5 Å². The molecule has 2 aliphatic carbocycles. The summed E-state index contributed by atoms with van der Waals surface area (Å²) in [5, 5.41) is 0.614. The molecular weight excluding hydrogens is 408 g/mol. The first-order valence-corrected chi connectivity index (χ1v) is 12.4. The molecule has 1 amide bonds. The van der Waals surface area contributed by atoms with E-state index in [9.17, 15) is 9.59 Å². The normalized spacial score (nSPS) is 21.7. The van der Waals surface area contributed by atoms with Gasteiger partial charge in [-0.2, -0.15) is 0 Å². The highest BCUT2D eigenvalue weighted by Crippen LogP contribution is 2.29. The number of hydrogen-bond acceptors (Lipinski definition) is 3. The number of fused-ring (bicyclic) bond motifs is 1. The van der Waals surface area contributed by atoms with E-state index in [-0.39, 0.29) is 17.5 Å². The molecule has 6 nitrogen and oxygen atoms in total. The van der Waals surface area contributed by atoms with Gasteiger partial charge in [-0.05, 0) is 68.9 Å². The minimum atomic E-state index is -0.0330. The molecular formula is C24H33N4O2S+. The number of carbonyl (C=O) groups excluding carboxylic acids is 1. The third kappa shape index (κ3) is 4.10. The first-order valence-electron chi connectivity index (χ1n) is 12.0. The summed E-state index contributed by atoms with van der Waals surface area (Å²) in [7, 11) is 0. The highest BCUT2D eigenvalue weighted by atomic mass is 32.1. The van der Waals surface area contributed by atoms with Crippen molar-refractivity contribution in [1.82, 2.24) is 14.5 Å². The Morgan fingerprint density at radius 2 is 1.68 bits per heavy atom. The summed E-state index contributed by atoms with van der Waals surface area (Å²) in [4.78, 5) is 33.1. The fourth-order valence-corrected chi connectivity index (χ4v) is 6.30. The van der Waals surface area contributed by atoms with Crippen molar-refractivity contribution in [2.45, 2.75) is 69.9 Å². The van der Waals surface area contributed by atoms with Gasteiger partial charge in [0.2, 0.25) is 0 Å². The van der Waals surface area contributed by atoms with E-state index in [1.54, 1.807) is 15.5 Å². The van der Waals surface area contributed by atoms with Gasteiger partial charge in [0.15, 0.2) is 4.77 Å². The van der Waals surface area contributed by atoms with Crippen LogP contribution in [0.15, 0.2) is 23.0 Å². The average Bonchev–Trinajstić information content (AvgIpc) is 3.33. The highest BCUT2D eigenvalue weighted by molar-refractivity contribution is 7.71. The zero-order valence-electron chi connectivity index (χ0n) is 18.2. The van der Waals surface area contributed by atoms with Gasteiger partial charge in [0, 0.05) is 11.6 Å². The van der Waals surface area contributed by atoms with E-state index in [0.29, 0.717) is 21.2 Å². The van der Waals surface area contributed by atoms with Gasteiger partial charge in [0.25, 0.3) is 11.5 Å². The predicted molar refractivity (Wildman–Crippen MR) is 124 cm³/mol. The molecule has 0 spiro atoms. The van der Waals surface area contributed by atoms with Gasteiger partial charge in [-0.1, -0.05) is 19.3 Å². The van der Waals surface area contributed by atoms with Crippen LogP contribution in [-0.4, -0.2) is 52.6 Å². The minimum absolute atomic E-state index is 0.0330. The van der Waals surface area contributed by atoms with E-state index in [4.69, 9.17) is 12.2 Å². The van der Waals surface area contributed by atoms with Crippen LogP contribution >= 0.6 is 12.2 Å². The van der Waals surface area contributed by atoms with E-state index in [0.717, 1.165) is 57.9 Å². The molecule has 5 rings (SSSR count). The SMILES string of the molecule is O=C(c1ccc2c(=O)n(C3CCCC3)c(=S)[nH]c2c1)N1CC[NH+](C2CCCCC2)CC1. The third-order valence-corrected chi connectivity index (χ3v) is 8.04. The molecule has 0 unspecified atom stereocenters. The lowest BCUT2D eigenvalue weighted by molar-refractivity contribution is -0.930. The number of nitrogens with one attached hydrogen (secondary N) is 2. The molecule has 0 radical (unpaired) electrons. The van der Waals surface area contributed by atoms with Crippen LogP contribution in [0.5, 0.6) is 0 Å². The van der Waals surface area contributed by atoms with Gasteiger partial charge in [-0.25, -0.2) is 0 Å². The fourth-order valence-electron chi connectivity index (χ4n) is 5.96. The number of aromatic nitrogens is 2. The van der Waals surface area contributed by atoms with E-state index >= 15 is 0 Å². The lowest BCUT2D eigenvalue weighted by atomic mass is 9.94. The summed E-state index contributed by atoms with van der Waals surface area (Å²) in [6.45, 7) is 3.70. The number of benzene rings is 1. The molecule has 0 atom stereocenters. The number of rotatable bonds is 3. The fraction of sp³-hybridized carbons (Fsp3) is 0.625. The summed E-state index contributed by atoms with van der Waals surface area (Å²) in [5.74, 6) is 0.0592. The molecule has 2 saturated carbocycles. The zero-order valence-corrected chi connectivity index (χ0v) is 19.0. The minimum Gasteiger partial charge on any atom is -0.332 e.